The molecule has 0 spiro atoms. The number of likely N-dealkylation sites (N-methyl/N-ethyl adjacent to an activating group) is 1. The van der Waals surface area contributed by atoms with Gasteiger partial charge in [0, 0.05) is 62.3 Å². The van der Waals surface area contributed by atoms with Crippen LogP contribution in [0, 0.1) is 17.8 Å². The number of carbonyl (C=O) groups is 4. The lowest BCUT2D eigenvalue weighted by atomic mass is 9.72. The van der Waals surface area contributed by atoms with Crippen LogP contribution in [0.15, 0.2) is 24.5 Å². The number of aromatic nitrogens is 2. The molecule has 13 atom stereocenters. The second-order valence-corrected chi connectivity index (χ2v) is 18.1. The molecule has 0 saturated carbocycles. The fraction of sp³-hybridized carbons (Fsp3) is 0.721. The van der Waals surface area contributed by atoms with E-state index in [9.17, 15) is 29.4 Å². The van der Waals surface area contributed by atoms with Crippen molar-refractivity contribution in [3.05, 3.63) is 30.1 Å². The fourth-order valence-electron chi connectivity index (χ4n) is 10.1. The minimum absolute atomic E-state index is 0.0112. The highest BCUT2D eigenvalue weighted by atomic mass is 19.1. The van der Waals surface area contributed by atoms with Crippen LogP contribution in [0.2, 0.25) is 0 Å². The Kier molecular flexibility index (Phi) is 13.0. The Bertz CT molecular complexity index is 1950. The lowest BCUT2D eigenvalue weighted by Crippen LogP contribution is -2.66. The number of hydrogen-bond donors (Lipinski definition) is 2. The zero-order valence-corrected chi connectivity index (χ0v) is 36.6. The number of methoxy groups -OCH3 is 1. The molecule has 4 saturated heterocycles. The molecule has 4 aliphatic heterocycles. The van der Waals surface area contributed by atoms with Crippen LogP contribution in [0.3, 0.4) is 0 Å². The van der Waals surface area contributed by atoms with Crippen molar-refractivity contribution in [3.63, 3.8) is 0 Å². The summed E-state index contributed by atoms with van der Waals surface area (Å²) in [5, 5.41) is 22.2. The first-order valence-corrected chi connectivity index (χ1v) is 20.9. The maximum atomic E-state index is 17.0. The molecular weight excluding hydrogens is 781 g/mol. The first-order valence-electron chi connectivity index (χ1n) is 20.9. The Morgan fingerprint density at radius 3 is 2.37 bits per heavy atom. The molecule has 332 valence electrons. The van der Waals surface area contributed by atoms with Crippen LogP contribution in [-0.4, -0.2) is 159 Å². The zero-order valence-electron chi connectivity index (χ0n) is 36.6. The van der Waals surface area contributed by atoms with E-state index >= 15 is 4.39 Å². The van der Waals surface area contributed by atoms with Crippen molar-refractivity contribution in [1.29, 1.82) is 0 Å². The Balaban J connectivity index is 1.35. The zero-order chi connectivity index (χ0) is 44.2. The van der Waals surface area contributed by atoms with E-state index in [1.807, 2.05) is 30.8 Å². The van der Waals surface area contributed by atoms with E-state index in [-0.39, 0.29) is 36.5 Å². The summed E-state index contributed by atoms with van der Waals surface area (Å²) in [6, 6.07) is 1.75. The Hall–Kier alpha value is -3.87. The molecule has 0 aromatic carbocycles. The van der Waals surface area contributed by atoms with Gasteiger partial charge in [-0.15, -0.1) is 0 Å². The summed E-state index contributed by atoms with van der Waals surface area (Å²) in [5.74, 6) is -5.96. The fourth-order valence-corrected chi connectivity index (χ4v) is 10.1. The van der Waals surface area contributed by atoms with Crippen LogP contribution in [0.4, 0.5) is 9.18 Å². The number of halogens is 1. The molecule has 0 aliphatic carbocycles. The lowest BCUT2D eigenvalue weighted by molar-refractivity contribution is -0.295. The van der Waals surface area contributed by atoms with Gasteiger partial charge in [-0.25, -0.2) is 14.0 Å². The number of likely N-dealkylation sites (tertiary alicyclic amines) is 1. The molecule has 0 radical (unpaired) electrons. The lowest BCUT2D eigenvalue weighted by Gasteiger charge is -2.49. The Labute approximate surface area is 351 Å². The van der Waals surface area contributed by atoms with E-state index in [0.29, 0.717) is 42.7 Å². The monoisotopic (exact) mass is 843 g/mol. The van der Waals surface area contributed by atoms with Gasteiger partial charge < -0.3 is 38.8 Å². The van der Waals surface area contributed by atoms with Crippen LogP contribution in [0.5, 0.6) is 5.75 Å². The van der Waals surface area contributed by atoms with Crippen molar-refractivity contribution in [1.82, 2.24) is 24.7 Å². The third kappa shape index (κ3) is 8.13. The van der Waals surface area contributed by atoms with E-state index in [1.54, 1.807) is 52.9 Å². The molecule has 60 heavy (non-hydrogen) atoms. The summed E-state index contributed by atoms with van der Waals surface area (Å²) in [6.45, 7) is 13.4. The number of cyclic esters (lactones) is 1. The molecule has 16 nitrogen and oxygen atoms in total. The third-order valence-corrected chi connectivity index (χ3v) is 13.5. The number of rotatable bonds is 8. The summed E-state index contributed by atoms with van der Waals surface area (Å²) >= 11 is 0. The maximum Gasteiger partial charge on any atom is 0.411 e. The number of pyridine rings is 2. The number of aliphatic hydroxyl groups excluding tert-OH is 1. The smallest absolute Gasteiger partial charge is 0.411 e. The van der Waals surface area contributed by atoms with E-state index in [0.717, 1.165) is 6.92 Å². The molecule has 6 heterocycles. The van der Waals surface area contributed by atoms with Crippen LogP contribution in [-0.2, 0) is 44.6 Å². The molecule has 4 aliphatic rings. The minimum Gasteiger partial charge on any atom is -0.506 e. The SMILES string of the molecule is CC[C@H]1OC(=O)[C@@](C)(F)C(=O)[C@H](C)[C@@H](O[C@@H]2O[C@H](C)C[C@H](N(C)C)[C@H]2O)[C@](C)(OC)C[C@@H](C)C(=O)[C@H](C)C2N(C3CN(Cc4c(O)cnc5cccnc45)C3)C(=O)O[C@@]21C. The number of ketones is 2. The highest BCUT2D eigenvalue weighted by Gasteiger charge is 2.63. The number of nitrogens with zero attached hydrogens (tertiary/aromatic N) is 5. The molecule has 1 amide bonds. The Morgan fingerprint density at radius 1 is 1.05 bits per heavy atom. The van der Waals surface area contributed by atoms with Gasteiger partial charge in [0.25, 0.3) is 5.67 Å². The van der Waals surface area contributed by atoms with Crippen LogP contribution >= 0.6 is 0 Å². The molecule has 6 rings (SSSR count). The number of fused-ring (bicyclic) bond motifs is 2. The van der Waals surface area contributed by atoms with Crippen molar-refractivity contribution in [3.8, 4) is 5.75 Å². The molecular formula is C43H62FN5O11. The summed E-state index contributed by atoms with van der Waals surface area (Å²) in [5.41, 5.74) is -4.56. The number of alkyl halides is 1. The van der Waals surface area contributed by atoms with Gasteiger partial charge in [-0.1, -0.05) is 27.7 Å². The topological polar surface area (TPSA) is 190 Å². The molecule has 2 N–H and O–H groups in total. The van der Waals surface area contributed by atoms with Gasteiger partial charge in [0.1, 0.15) is 23.7 Å². The molecule has 4 fully saturated rings. The average Bonchev–Trinajstić information content (AvgIpc) is 3.46. The number of hydrogen-bond acceptors (Lipinski definition) is 15. The molecule has 1 unspecified atom stereocenters. The first-order chi connectivity index (χ1) is 28.1. The predicted octanol–water partition coefficient (Wildman–Crippen LogP) is 3.82. The van der Waals surface area contributed by atoms with Gasteiger partial charge in [0.05, 0.1) is 47.1 Å². The number of aromatic hydroxyl groups is 1. The van der Waals surface area contributed by atoms with Gasteiger partial charge in [-0.3, -0.25) is 29.4 Å². The average molecular weight is 844 g/mol. The van der Waals surface area contributed by atoms with Crippen molar-refractivity contribution in [2.75, 3.05) is 34.3 Å². The second-order valence-electron chi connectivity index (χ2n) is 18.1. The largest absolute Gasteiger partial charge is 0.506 e. The standard InChI is InChI=1S/C43H62FN5O11/c1-12-31-43(8)35(49(40(55)60-43)26-19-48(20-26)21-27-30(50)18-46-28-14-13-15-45-32(27)28)24(4)33(51)22(2)17-41(6,56-11)37(25(5)36(53)42(7,44)39(54)58-31)59-38-34(52)29(47(9)10)16-23(3)57-38/h13-15,18,22-26,29,31,34-35,37-38,50,52H,12,16-17,19-21H2,1-11H3/t22-,23-,24+,25+,29+,31-,34-,35?,37-,38+,41-,42+,43-/m1/s1. The highest BCUT2D eigenvalue weighted by Crippen LogP contribution is 2.45. The first kappa shape index (κ1) is 45.7. The second kappa shape index (κ2) is 17.1. The number of Topliss-reactive ketones (excluding diaryl/α,β-unsaturated/α-hetero) is 2. The molecule has 0 bridgehead atoms. The number of amides is 1. The Morgan fingerprint density at radius 2 is 1.73 bits per heavy atom. The van der Waals surface area contributed by atoms with Crippen LogP contribution in [0.1, 0.15) is 80.2 Å². The minimum atomic E-state index is -3.20. The third-order valence-electron chi connectivity index (χ3n) is 13.5. The van der Waals surface area contributed by atoms with E-state index in [4.69, 9.17) is 23.7 Å². The van der Waals surface area contributed by atoms with Crippen LogP contribution in [0.25, 0.3) is 11.0 Å². The number of esters is 1. The molecule has 17 heteroatoms. The normalized spacial score (nSPS) is 39.0. The predicted molar refractivity (Wildman–Crippen MR) is 215 cm³/mol. The number of carbonyl (C=O) groups excluding carboxylic acids is 4. The van der Waals surface area contributed by atoms with Crippen molar-refractivity contribution >= 4 is 34.7 Å². The molecule has 2 aromatic rings. The maximum absolute atomic E-state index is 17.0. The van der Waals surface area contributed by atoms with Crippen molar-refractivity contribution in [2.24, 2.45) is 17.8 Å². The highest BCUT2D eigenvalue weighted by molar-refractivity contribution is 6.08. The number of aliphatic hydroxyl groups is 1. The summed E-state index contributed by atoms with van der Waals surface area (Å²) in [7, 11) is 5.03. The summed E-state index contributed by atoms with van der Waals surface area (Å²) < 4.78 is 47.7. The van der Waals surface area contributed by atoms with Crippen molar-refractivity contribution < 1.29 is 57.5 Å². The van der Waals surface area contributed by atoms with Gasteiger partial charge in [0.2, 0.25) is 0 Å². The number of ether oxygens (including phenoxy) is 5. The van der Waals surface area contributed by atoms with Gasteiger partial charge >= 0.3 is 12.1 Å². The van der Waals surface area contributed by atoms with Crippen molar-refractivity contribution in [2.45, 2.75) is 147 Å². The van der Waals surface area contributed by atoms with E-state index < -0.39 is 89.2 Å². The quantitative estimate of drug-likeness (QED) is 0.288. The van der Waals surface area contributed by atoms with Gasteiger partial charge in [0.15, 0.2) is 17.7 Å². The van der Waals surface area contributed by atoms with Gasteiger partial charge in [-0.2, -0.15) is 0 Å². The van der Waals surface area contributed by atoms with Gasteiger partial charge in [-0.05, 0) is 73.2 Å². The molecule has 2 aromatic heterocycles. The van der Waals surface area contributed by atoms with E-state index in [1.165, 1.54) is 25.1 Å². The van der Waals surface area contributed by atoms with Crippen LogP contribution < -0.4 is 0 Å². The summed E-state index contributed by atoms with van der Waals surface area (Å²) in [6.07, 6.45) is -2.57. The van der Waals surface area contributed by atoms with E-state index in [2.05, 4.69) is 9.97 Å². The summed E-state index contributed by atoms with van der Waals surface area (Å²) in [4.78, 5) is 71.3.